The van der Waals surface area contributed by atoms with Crippen LogP contribution in [0.4, 0.5) is 0 Å². The maximum Gasteiger partial charge on any atom is 0.136 e. The zero-order chi connectivity index (χ0) is 11.5. The molecule has 0 saturated heterocycles. The summed E-state index contributed by atoms with van der Waals surface area (Å²) in [5.41, 5.74) is 0.379. The number of hydrogen-bond donors (Lipinski definition) is 0. The second kappa shape index (κ2) is 5.14. The van der Waals surface area contributed by atoms with Crippen molar-refractivity contribution in [1.29, 1.82) is 0 Å². The summed E-state index contributed by atoms with van der Waals surface area (Å²) < 4.78 is 0. The molecule has 2 fully saturated rings. The van der Waals surface area contributed by atoms with Crippen LogP contribution in [0.5, 0.6) is 0 Å². The fraction of sp³-hybridized carbons (Fsp3) is 0.929. The molecule has 2 saturated carbocycles. The predicted molar refractivity (Wildman–Crippen MR) is 64.8 cm³/mol. The van der Waals surface area contributed by atoms with Gasteiger partial charge in [0, 0.05) is 12.3 Å². The first kappa shape index (κ1) is 12.7. The lowest BCUT2D eigenvalue weighted by Crippen LogP contribution is -2.37. The van der Waals surface area contributed by atoms with E-state index in [0.717, 1.165) is 18.8 Å². The van der Waals surface area contributed by atoms with E-state index in [1.807, 2.05) is 13.8 Å². The van der Waals surface area contributed by atoms with Crippen molar-refractivity contribution in [1.82, 2.24) is 0 Å². The zero-order valence-corrected chi connectivity index (χ0v) is 10.8. The fourth-order valence-corrected chi connectivity index (χ4v) is 3.71. The van der Waals surface area contributed by atoms with E-state index < -0.39 is 0 Å². The molecule has 0 radical (unpaired) electrons. The minimum Gasteiger partial charge on any atom is -0.299 e. The molecule has 1 heteroatoms. The van der Waals surface area contributed by atoms with E-state index in [2.05, 4.69) is 13.8 Å². The van der Waals surface area contributed by atoms with Crippen LogP contribution in [0.1, 0.15) is 66.2 Å². The largest absolute Gasteiger partial charge is 0.299 e. The average molecular weight is 210 g/mol. The van der Waals surface area contributed by atoms with Crippen LogP contribution in [-0.2, 0) is 4.79 Å². The summed E-state index contributed by atoms with van der Waals surface area (Å²) in [7, 11) is 0. The SMILES string of the molecule is CC.CCC1CCC2C(=O)CCCC12C. The molecular formula is C14H26O. The number of hydrogen-bond acceptors (Lipinski definition) is 1. The van der Waals surface area contributed by atoms with Crippen molar-refractivity contribution in [3.63, 3.8) is 0 Å². The van der Waals surface area contributed by atoms with E-state index in [1.165, 1.54) is 25.7 Å². The summed E-state index contributed by atoms with van der Waals surface area (Å²) in [6, 6.07) is 0. The maximum atomic E-state index is 11.7. The number of Topliss-reactive ketones (excluding diaryl/α,β-unsaturated/α-hetero) is 1. The topological polar surface area (TPSA) is 17.1 Å². The van der Waals surface area contributed by atoms with Gasteiger partial charge in [0.2, 0.25) is 0 Å². The molecule has 0 bridgehead atoms. The number of carbonyl (C=O) groups excluding carboxylic acids is 1. The third-order valence-electron chi connectivity index (χ3n) is 4.55. The van der Waals surface area contributed by atoms with Gasteiger partial charge in [-0.25, -0.2) is 0 Å². The van der Waals surface area contributed by atoms with Gasteiger partial charge in [0.25, 0.3) is 0 Å². The third kappa shape index (κ3) is 2.11. The summed E-state index contributed by atoms with van der Waals surface area (Å²) in [6.07, 6.45) is 7.03. The van der Waals surface area contributed by atoms with Gasteiger partial charge >= 0.3 is 0 Å². The van der Waals surface area contributed by atoms with Gasteiger partial charge in [-0.05, 0) is 37.0 Å². The highest BCUT2D eigenvalue weighted by Gasteiger charge is 2.49. The standard InChI is InChI=1S/C12H20O.C2H6/c1-3-9-6-7-10-11(13)5-4-8-12(9,10)2;1-2/h9-10H,3-8H2,1-2H3;1-2H3. The zero-order valence-electron chi connectivity index (χ0n) is 10.8. The normalized spacial score (nSPS) is 39.3. The van der Waals surface area contributed by atoms with Crippen molar-refractivity contribution in [2.24, 2.45) is 17.3 Å². The van der Waals surface area contributed by atoms with Crippen LogP contribution in [0.3, 0.4) is 0 Å². The Hall–Kier alpha value is -0.330. The summed E-state index contributed by atoms with van der Waals surface area (Å²) in [6.45, 7) is 8.63. The Morgan fingerprint density at radius 1 is 1.33 bits per heavy atom. The first-order valence-electron chi connectivity index (χ1n) is 6.71. The van der Waals surface area contributed by atoms with Crippen molar-refractivity contribution in [2.75, 3.05) is 0 Å². The predicted octanol–water partition coefficient (Wildman–Crippen LogP) is 4.21. The van der Waals surface area contributed by atoms with E-state index in [9.17, 15) is 4.79 Å². The van der Waals surface area contributed by atoms with E-state index in [4.69, 9.17) is 0 Å². The van der Waals surface area contributed by atoms with Crippen LogP contribution in [0.2, 0.25) is 0 Å². The summed E-state index contributed by atoms with van der Waals surface area (Å²) in [4.78, 5) is 11.7. The Morgan fingerprint density at radius 2 is 2.00 bits per heavy atom. The van der Waals surface area contributed by atoms with E-state index in [1.54, 1.807) is 0 Å². The van der Waals surface area contributed by atoms with E-state index >= 15 is 0 Å². The third-order valence-corrected chi connectivity index (χ3v) is 4.55. The number of ketones is 1. The molecule has 0 heterocycles. The molecule has 15 heavy (non-hydrogen) atoms. The number of carbonyl (C=O) groups is 1. The van der Waals surface area contributed by atoms with Gasteiger partial charge in [-0.1, -0.05) is 34.1 Å². The Morgan fingerprint density at radius 3 is 2.60 bits per heavy atom. The first-order chi connectivity index (χ1) is 7.18. The van der Waals surface area contributed by atoms with Crippen molar-refractivity contribution in [2.45, 2.75) is 66.2 Å². The molecule has 3 unspecified atom stereocenters. The second-order valence-electron chi connectivity index (χ2n) is 5.06. The highest BCUT2D eigenvalue weighted by molar-refractivity contribution is 5.83. The molecule has 3 atom stereocenters. The molecule has 88 valence electrons. The quantitative estimate of drug-likeness (QED) is 0.633. The lowest BCUT2D eigenvalue weighted by Gasteiger charge is -2.39. The molecular weight excluding hydrogens is 184 g/mol. The minimum absolute atomic E-state index is 0.379. The Bertz CT molecular complexity index is 221. The minimum atomic E-state index is 0.379. The van der Waals surface area contributed by atoms with Crippen molar-refractivity contribution >= 4 is 5.78 Å². The van der Waals surface area contributed by atoms with Crippen LogP contribution in [0.25, 0.3) is 0 Å². The molecule has 0 aromatic rings. The molecule has 0 spiro atoms. The molecule has 0 aromatic carbocycles. The summed E-state index contributed by atoms with van der Waals surface area (Å²) in [5.74, 6) is 1.80. The van der Waals surface area contributed by atoms with Gasteiger partial charge in [0.05, 0.1) is 0 Å². The van der Waals surface area contributed by atoms with Crippen LogP contribution >= 0.6 is 0 Å². The lowest BCUT2D eigenvalue weighted by molar-refractivity contribution is -0.129. The van der Waals surface area contributed by atoms with Gasteiger partial charge in [0.1, 0.15) is 5.78 Å². The molecule has 2 aliphatic rings. The molecule has 0 N–H and O–H groups in total. The monoisotopic (exact) mass is 210 g/mol. The Balaban J connectivity index is 0.000000531. The van der Waals surface area contributed by atoms with Crippen LogP contribution < -0.4 is 0 Å². The van der Waals surface area contributed by atoms with Gasteiger partial charge in [-0.3, -0.25) is 4.79 Å². The molecule has 0 aromatic heterocycles. The first-order valence-corrected chi connectivity index (χ1v) is 6.71. The van der Waals surface area contributed by atoms with Gasteiger partial charge in [-0.15, -0.1) is 0 Å². The van der Waals surface area contributed by atoms with Gasteiger partial charge in [0.15, 0.2) is 0 Å². The molecule has 0 amide bonds. The smallest absolute Gasteiger partial charge is 0.136 e. The number of fused-ring (bicyclic) bond motifs is 1. The molecule has 2 aliphatic carbocycles. The Labute approximate surface area is 94.6 Å². The lowest BCUT2D eigenvalue weighted by atomic mass is 9.64. The van der Waals surface area contributed by atoms with Crippen LogP contribution in [0.15, 0.2) is 0 Å². The van der Waals surface area contributed by atoms with Gasteiger partial charge < -0.3 is 0 Å². The molecule has 0 aliphatic heterocycles. The Kier molecular flexibility index (Phi) is 4.36. The maximum absolute atomic E-state index is 11.7. The van der Waals surface area contributed by atoms with Crippen LogP contribution in [-0.4, -0.2) is 5.78 Å². The number of rotatable bonds is 1. The highest BCUT2D eigenvalue weighted by atomic mass is 16.1. The summed E-state index contributed by atoms with van der Waals surface area (Å²) in [5, 5.41) is 0. The van der Waals surface area contributed by atoms with Crippen molar-refractivity contribution in [3.05, 3.63) is 0 Å². The van der Waals surface area contributed by atoms with Gasteiger partial charge in [-0.2, -0.15) is 0 Å². The van der Waals surface area contributed by atoms with E-state index in [0.29, 0.717) is 17.1 Å². The highest BCUT2D eigenvalue weighted by Crippen LogP contribution is 2.55. The van der Waals surface area contributed by atoms with Crippen molar-refractivity contribution < 1.29 is 4.79 Å². The molecule has 2 rings (SSSR count). The average Bonchev–Trinajstić information content (AvgIpc) is 2.59. The fourth-order valence-electron chi connectivity index (χ4n) is 3.71. The second-order valence-corrected chi connectivity index (χ2v) is 5.06. The van der Waals surface area contributed by atoms with Crippen LogP contribution in [0, 0.1) is 17.3 Å². The van der Waals surface area contributed by atoms with E-state index in [-0.39, 0.29) is 0 Å². The van der Waals surface area contributed by atoms with Crippen molar-refractivity contribution in [3.8, 4) is 0 Å². The summed E-state index contributed by atoms with van der Waals surface area (Å²) >= 11 is 0. The molecule has 1 nitrogen and oxygen atoms in total.